The Kier molecular flexibility index (Phi) is 6.35. The molecule has 0 saturated carbocycles. The predicted octanol–water partition coefficient (Wildman–Crippen LogP) is 1.80. The fraction of sp³-hybridized carbons (Fsp3) is 0.375. The second-order valence-electron chi connectivity index (χ2n) is 5.09. The molecule has 2 heterocycles. The highest BCUT2D eigenvalue weighted by Crippen LogP contribution is 2.18. The number of carbonyl (C=O) groups is 3. The fourth-order valence-corrected chi connectivity index (χ4v) is 2.53. The standard InChI is InChI=1S/C16H18ClN3O5/c1-3-10-12(15(22)24-4-2)11(20-16(23)19-10)8-25-14(21)9-6-5-7-18-13(9)17/h5-7,10H,3-4,8H2,1-2H3,(H2,19,20,23)/t10-/m1/s1. The topological polar surface area (TPSA) is 107 Å². The number of nitrogens with zero attached hydrogens (tertiary/aromatic N) is 1. The number of hydrogen-bond acceptors (Lipinski definition) is 6. The lowest BCUT2D eigenvalue weighted by atomic mass is 10.0. The summed E-state index contributed by atoms with van der Waals surface area (Å²) in [6, 6.07) is 2.01. The van der Waals surface area contributed by atoms with Crippen LogP contribution in [0.3, 0.4) is 0 Å². The Morgan fingerprint density at radius 1 is 1.28 bits per heavy atom. The first-order chi connectivity index (χ1) is 12.0. The number of aromatic nitrogens is 1. The smallest absolute Gasteiger partial charge is 0.341 e. The van der Waals surface area contributed by atoms with Gasteiger partial charge in [-0.05, 0) is 25.5 Å². The summed E-state index contributed by atoms with van der Waals surface area (Å²) in [6.45, 7) is 3.38. The van der Waals surface area contributed by atoms with E-state index in [0.717, 1.165) is 0 Å². The summed E-state index contributed by atoms with van der Waals surface area (Å²) in [5.74, 6) is -1.29. The van der Waals surface area contributed by atoms with Crippen molar-refractivity contribution >= 4 is 29.6 Å². The molecule has 8 nitrogen and oxygen atoms in total. The molecule has 1 aromatic rings. The van der Waals surface area contributed by atoms with Crippen molar-refractivity contribution in [2.45, 2.75) is 26.3 Å². The van der Waals surface area contributed by atoms with Gasteiger partial charge >= 0.3 is 18.0 Å². The molecule has 2 N–H and O–H groups in total. The number of hydrogen-bond donors (Lipinski definition) is 2. The minimum Gasteiger partial charge on any atom is -0.463 e. The van der Waals surface area contributed by atoms with Gasteiger partial charge in [0, 0.05) is 6.20 Å². The molecule has 0 bridgehead atoms. The number of halogens is 1. The molecule has 1 aromatic heterocycles. The van der Waals surface area contributed by atoms with Crippen LogP contribution in [0.2, 0.25) is 5.15 Å². The van der Waals surface area contributed by atoms with Gasteiger partial charge in [-0.15, -0.1) is 0 Å². The van der Waals surface area contributed by atoms with Crippen molar-refractivity contribution in [3.8, 4) is 0 Å². The Morgan fingerprint density at radius 3 is 2.68 bits per heavy atom. The number of esters is 2. The van der Waals surface area contributed by atoms with E-state index in [9.17, 15) is 14.4 Å². The third-order valence-electron chi connectivity index (χ3n) is 3.47. The Balaban J connectivity index is 2.22. The molecule has 0 unspecified atom stereocenters. The summed E-state index contributed by atoms with van der Waals surface area (Å²) >= 11 is 5.85. The van der Waals surface area contributed by atoms with Crippen LogP contribution in [-0.4, -0.2) is 42.2 Å². The van der Waals surface area contributed by atoms with Crippen molar-refractivity contribution in [3.63, 3.8) is 0 Å². The van der Waals surface area contributed by atoms with Crippen LogP contribution in [0.25, 0.3) is 0 Å². The Morgan fingerprint density at radius 2 is 2.04 bits per heavy atom. The average Bonchev–Trinajstić information content (AvgIpc) is 2.59. The SMILES string of the molecule is CCOC(=O)C1=C(COC(=O)c2cccnc2Cl)NC(=O)N[C@@H]1CC. The lowest BCUT2D eigenvalue weighted by Gasteiger charge is -2.28. The van der Waals surface area contributed by atoms with Gasteiger partial charge in [0.2, 0.25) is 0 Å². The molecular formula is C16H18ClN3O5. The highest BCUT2D eigenvalue weighted by atomic mass is 35.5. The van der Waals surface area contributed by atoms with Crippen LogP contribution in [-0.2, 0) is 14.3 Å². The summed E-state index contributed by atoms with van der Waals surface area (Å²) in [6.07, 6.45) is 1.92. The molecule has 0 aliphatic carbocycles. The third kappa shape index (κ3) is 4.48. The molecule has 2 amide bonds. The van der Waals surface area contributed by atoms with E-state index < -0.39 is 24.0 Å². The number of ether oxygens (including phenoxy) is 2. The van der Waals surface area contributed by atoms with Crippen molar-refractivity contribution < 1.29 is 23.9 Å². The molecule has 0 aromatic carbocycles. The number of rotatable bonds is 6. The average molecular weight is 368 g/mol. The van der Waals surface area contributed by atoms with Crippen molar-refractivity contribution in [2.75, 3.05) is 13.2 Å². The Hall–Kier alpha value is -2.61. The van der Waals surface area contributed by atoms with Gasteiger partial charge in [-0.2, -0.15) is 0 Å². The zero-order chi connectivity index (χ0) is 18.4. The van der Waals surface area contributed by atoms with Gasteiger partial charge in [-0.1, -0.05) is 18.5 Å². The lowest BCUT2D eigenvalue weighted by Crippen LogP contribution is -2.51. The van der Waals surface area contributed by atoms with Gasteiger partial charge in [0.25, 0.3) is 0 Å². The Bertz CT molecular complexity index is 719. The van der Waals surface area contributed by atoms with Gasteiger partial charge < -0.3 is 20.1 Å². The second kappa shape index (κ2) is 8.48. The van der Waals surface area contributed by atoms with E-state index in [0.29, 0.717) is 6.42 Å². The maximum absolute atomic E-state index is 12.2. The van der Waals surface area contributed by atoms with E-state index in [1.165, 1.54) is 12.3 Å². The van der Waals surface area contributed by atoms with Gasteiger partial charge in [0.15, 0.2) is 0 Å². The molecule has 1 atom stereocenters. The van der Waals surface area contributed by atoms with Gasteiger partial charge in [-0.3, -0.25) is 0 Å². The van der Waals surface area contributed by atoms with Crippen molar-refractivity contribution in [1.29, 1.82) is 0 Å². The van der Waals surface area contributed by atoms with Crippen LogP contribution in [0.4, 0.5) is 4.79 Å². The maximum atomic E-state index is 12.2. The van der Waals surface area contributed by atoms with E-state index in [-0.39, 0.29) is 35.2 Å². The van der Waals surface area contributed by atoms with Gasteiger partial charge in [0.05, 0.1) is 29.5 Å². The second-order valence-corrected chi connectivity index (χ2v) is 5.45. The number of amides is 2. The van der Waals surface area contributed by atoms with Crippen LogP contribution >= 0.6 is 11.6 Å². The number of carbonyl (C=O) groups excluding carboxylic acids is 3. The molecule has 134 valence electrons. The lowest BCUT2D eigenvalue weighted by molar-refractivity contribution is -0.139. The zero-order valence-corrected chi connectivity index (χ0v) is 14.6. The molecule has 0 fully saturated rings. The largest absolute Gasteiger partial charge is 0.463 e. The molecule has 0 spiro atoms. The fourth-order valence-electron chi connectivity index (χ4n) is 2.33. The third-order valence-corrected chi connectivity index (χ3v) is 3.77. The number of urea groups is 1. The van der Waals surface area contributed by atoms with E-state index in [4.69, 9.17) is 21.1 Å². The van der Waals surface area contributed by atoms with Crippen molar-refractivity contribution in [3.05, 3.63) is 40.3 Å². The molecule has 9 heteroatoms. The summed E-state index contributed by atoms with van der Waals surface area (Å²) in [7, 11) is 0. The summed E-state index contributed by atoms with van der Waals surface area (Å²) < 4.78 is 10.2. The van der Waals surface area contributed by atoms with E-state index in [1.54, 1.807) is 13.0 Å². The van der Waals surface area contributed by atoms with Crippen LogP contribution in [0.1, 0.15) is 30.6 Å². The maximum Gasteiger partial charge on any atom is 0.341 e. The molecule has 1 aliphatic heterocycles. The summed E-state index contributed by atoms with van der Waals surface area (Å²) in [5.41, 5.74) is 0.506. The first-order valence-corrected chi connectivity index (χ1v) is 8.11. The molecule has 0 radical (unpaired) electrons. The molecule has 1 aliphatic rings. The van der Waals surface area contributed by atoms with Gasteiger partial charge in [-0.25, -0.2) is 19.4 Å². The zero-order valence-electron chi connectivity index (χ0n) is 13.8. The normalized spacial score (nSPS) is 16.8. The van der Waals surface area contributed by atoms with E-state index in [2.05, 4.69) is 15.6 Å². The Labute approximate surface area is 149 Å². The highest BCUT2D eigenvalue weighted by Gasteiger charge is 2.32. The summed E-state index contributed by atoms with van der Waals surface area (Å²) in [5, 5.41) is 5.14. The molecule has 2 rings (SSSR count). The van der Waals surface area contributed by atoms with Crippen LogP contribution < -0.4 is 10.6 Å². The molecule has 0 saturated heterocycles. The van der Waals surface area contributed by atoms with Gasteiger partial charge in [0.1, 0.15) is 11.8 Å². The first-order valence-electron chi connectivity index (χ1n) is 7.73. The minimum absolute atomic E-state index is 0.00729. The first kappa shape index (κ1) is 18.7. The van der Waals surface area contributed by atoms with Crippen LogP contribution in [0, 0.1) is 0 Å². The number of nitrogens with one attached hydrogen (secondary N) is 2. The minimum atomic E-state index is -0.713. The monoisotopic (exact) mass is 367 g/mol. The van der Waals surface area contributed by atoms with E-state index in [1.807, 2.05) is 6.92 Å². The molecular weight excluding hydrogens is 350 g/mol. The van der Waals surface area contributed by atoms with Crippen LogP contribution in [0.5, 0.6) is 0 Å². The van der Waals surface area contributed by atoms with Crippen LogP contribution in [0.15, 0.2) is 29.6 Å². The molecule has 25 heavy (non-hydrogen) atoms. The predicted molar refractivity (Wildman–Crippen MR) is 88.9 cm³/mol. The number of pyridine rings is 1. The van der Waals surface area contributed by atoms with E-state index >= 15 is 0 Å². The highest BCUT2D eigenvalue weighted by molar-refractivity contribution is 6.32. The van der Waals surface area contributed by atoms with Crippen molar-refractivity contribution in [1.82, 2.24) is 15.6 Å². The van der Waals surface area contributed by atoms with Crippen molar-refractivity contribution in [2.24, 2.45) is 0 Å². The quantitative estimate of drug-likeness (QED) is 0.586. The summed E-state index contributed by atoms with van der Waals surface area (Å²) in [4.78, 5) is 39.9.